The van der Waals surface area contributed by atoms with Crippen molar-refractivity contribution in [1.29, 1.82) is 0 Å². The van der Waals surface area contributed by atoms with Gasteiger partial charge in [-0.2, -0.15) is 0 Å². The van der Waals surface area contributed by atoms with Gasteiger partial charge in [-0.05, 0) is 17.5 Å². The maximum atomic E-state index is 12.6. The van der Waals surface area contributed by atoms with E-state index in [9.17, 15) is 19.5 Å². The van der Waals surface area contributed by atoms with Crippen molar-refractivity contribution in [2.75, 3.05) is 6.61 Å². The Labute approximate surface area is 125 Å². The van der Waals surface area contributed by atoms with E-state index < -0.39 is 30.4 Å². The SMILES string of the molecule is O=C(O)C(CCO)N1C(=O)c2cccc3cccc(c23)C1=O. The Morgan fingerprint density at radius 1 is 1.05 bits per heavy atom. The molecule has 0 saturated heterocycles. The molecule has 0 radical (unpaired) electrons. The van der Waals surface area contributed by atoms with Gasteiger partial charge in [0.15, 0.2) is 0 Å². The van der Waals surface area contributed by atoms with Gasteiger partial charge in [-0.1, -0.05) is 24.3 Å². The minimum atomic E-state index is -1.38. The topological polar surface area (TPSA) is 94.9 Å². The predicted molar refractivity (Wildman–Crippen MR) is 77.6 cm³/mol. The molecule has 2 amide bonds. The van der Waals surface area contributed by atoms with Crippen molar-refractivity contribution in [3.8, 4) is 0 Å². The Balaban J connectivity index is 2.21. The van der Waals surface area contributed by atoms with Crippen LogP contribution in [0.3, 0.4) is 0 Å². The fraction of sp³-hybridized carbons (Fsp3) is 0.188. The number of aliphatic hydroxyl groups is 1. The van der Waals surface area contributed by atoms with Gasteiger partial charge in [0.25, 0.3) is 11.8 Å². The molecule has 3 rings (SSSR count). The summed E-state index contributed by atoms with van der Waals surface area (Å²) in [4.78, 5) is 37.3. The molecule has 6 nitrogen and oxygen atoms in total. The molecular weight excluding hydrogens is 286 g/mol. The largest absolute Gasteiger partial charge is 0.480 e. The van der Waals surface area contributed by atoms with E-state index >= 15 is 0 Å². The number of hydrogen-bond donors (Lipinski definition) is 2. The number of hydrogen-bond acceptors (Lipinski definition) is 4. The van der Waals surface area contributed by atoms with Gasteiger partial charge in [-0.3, -0.25) is 14.5 Å². The molecule has 2 N–H and O–H groups in total. The lowest BCUT2D eigenvalue weighted by Crippen LogP contribution is -2.50. The van der Waals surface area contributed by atoms with Crippen LogP contribution < -0.4 is 0 Å². The summed E-state index contributed by atoms with van der Waals surface area (Å²) in [6.07, 6.45) is -0.203. The van der Waals surface area contributed by atoms with Crippen molar-refractivity contribution in [2.45, 2.75) is 12.5 Å². The molecule has 0 saturated carbocycles. The second kappa shape index (κ2) is 5.23. The molecule has 1 aliphatic rings. The normalized spacial score (nSPS) is 15.2. The average molecular weight is 299 g/mol. The fourth-order valence-corrected chi connectivity index (χ4v) is 2.82. The van der Waals surface area contributed by atoms with Gasteiger partial charge in [0.1, 0.15) is 6.04 Å². The highest BCUT2D eigenvalue weighted by atomic mass is 16.4. The summed E-state index contributed by atoms with van der Waals surface area (Å²) >= 11 is 0. The van der Waals surface area contributed by atoms with Crippen LogP contribution in [0.4, 0.5) is 0 Å². The number of rotatable bonds is 4. The van der Waals surface area contributed by atoms with Gasteiger partial charge in [-0.25, -0.2) is 4.79 Å². The lowest BCUT2D eigenvalue weighted by Gasteiger charge is -2.31. The number of imide groups is 1. The Kier molecular flexibility index (Phi) is 3.38. The first-order chi connectivity index (χ1) is 10.6. The molecule has 6 heteroatoms. The number of carboxylic acid groups (broad SMARTS) is 1. The van der Waals surface area contributed by atoms with Crippen LogP contribution in [-0.2, 0) is 4.79 Å². The number of amides is 2. The van der Waals surface area contributed by atoms with Gasteiger partial charge in [0.05, 0.1) is 0 Å². The maximum absolute atomic E-state index is 12.6. The number of carboxylic acids is 1. The first-order valence-corrected chi connectivity index (χ1v) is 6.79. The first kappa shape index (κ1) is 14.2. The second-order valence-electron chi connectivity index (χ2n) is 5.06. The molecule has 0 bridgehead atoms. The van der Waals surface area contributed by atoms with Gasteiger partial charge in [-0.15, -0.1) is 0 Å². The van der Waals surface area contributed by atoms with Crippen LogP contribution in [0.2, 0.25) is 0 Å². The standard InChI is InChI=1S/C16H13NO5/c18-8-7-12(16(21)22)17-14(19)10-5-1-3-9-4-2-6-11(13(9)10)15(17)20/h1-6,12,18H,7-8H2,(H,21,22). The molecule has 1 aliphatic heterocycles. The van der Waals surface area contributed by atoms with Crippen molar-refractivity contribution in [3.05, 3.63) is 47.5 Å². The summed E-state index contributed by atoms with van der Waals surface area (Å²) in [6.45, 7) is -0.431. The summed E-state index contributed by atoms with van der Waals surface area (Å²) in [7, 11) is 0. The Morgan fingerprint density at radius 2 is 1.59 bits per heavy atom. The summed E-state index contributed by atoms with van der Waals surface area (Å²) < 4.78 is 0. The highest BCUT2D eigenvalue weighted by Crippen LogP contribution is 2.31. The Bertz CT molecular complexity index is 747. The number of benzene rings is 2. The van der Waals surface area contributed by atoms with E-state index in [-0.39, 0.29) is 6.42 Å². The highest BCUT2D eigenvalue weighted by molar-refractivity contribution is 6.26. The van der Waals surface area contributed by atoms with E-state index in [1.165, 1.54) is 0 Å². The van der Waals surface area contributed by atoms with Crippen molar-refractivity contribution in [3.63, 3.8) is 0 Å². The Hall–Kier alpha value is -2.73. The van der Waals surface area contributed by atoms with Crippen LogP contribution in [0.5, 0.6) is 0 Å². The molecule has 22 heavy (non-hydrogen) atoms. The number of nitrogens with zero attached hydrogens (tertiary/aromatic N) is 1. The summed E-state index contributed by atoms with van der Waals surface area (Å²) in [5, 5.41) is 19.6. The number of carbonyl (C=O) groups is 3. The maximum Gasteiger partial charge on any atom is 0.327 e. The zero-order valence-electron chi connectivity index (χ0n) is 11.5. The van der Waals surface area contributed by atoms with Crippen molar-refractivity contribution in [2.24, 2.45) is 0 Å². The Morgan fingerprint density at radius 3 is 2.05 bits per heavy atom. The lowest BCUT2D eigenvalue weighted by atomic mass is 9.93. The molecule has 2 aromatic rings. The van der Waals surface area contributed by atoms with Crippen LogP contribution in [0.15, 0.2) is 36.4 Å². The third kappa shape index (κ3) is 1.96. The average Bonchev–Trinajstić information content (AvgIpc) is 2.51. The molecule has 0 aromatic heterocycles. The zero-order valence-corrected chi connectivity index (χ0v) is 11.5. The monoisotopic (exact) mass is 299 g/mol. The molecule has 0 fully saturated rings. The molecule has 1 heterocycles. The molecule has 1 atom stereocenters. The van der Waals surface area contributed by atoms with Crippen LogP contribution in [-0.4, -0.2) is 45.5 Å². The molecule has 112 valence electrons. The van der Waals surface area contributed by atoms with Crippen molar-refractivity contribution in [1.82, 2.24) is 4.90 Å². The molecule has 1 unspecified atom stereocenters. The lowest BCUT2D eigenvalue weighted by molar-refractivity contribution is -0.142. The molecular formula is C16H13NO5. The van der Waals surface area contributed by atoms with E-state index in [1.807, 2.05) is 0 Å². The van der Waals surface area contributed by atoms with Crippen LogP contribution >= 0.6 is 0 Å². The van der Waals surface area contributed by atoms with Gasteiger partial charge < -0.3 is 10.2 Å². The number of carbonyl (C=O) groups excluding carboxylic acids is 2. The quantitative estimate of drug-likeness (QED) is 0.829. The number of aliphatic carboxylic acids is 1. The van der Waals surface area contributed by atoms with E-state index in [0.717, 1.165) is 10.3 Å². The zero-order chi connectivity index (χ0) is 15.9. The smallest absolute Gasteiger partial charge is 0.327 e. The summed E-state index contributed by atoms with van der Waals surface area (Å²) in [5.41, 5.74) is 0.605. The van der Waals surface area contributed by atoms with Crippen molar-refractivity contribution < 1.29 is 24.6 Å². The van der Waals surface area contributed by atoms with E-state index in [1.54, 1.807) is 36.4 Å². The van der Waals surface area contributed by atoms with Gasteiger partial charge >= 0.3 is 5.97 Å². The fourth-order valence-electron chi connectivity index (χ4n) is 2.82. The number of aliphatic hydroxyl groups excluding tert-OH is 1. The first-order valence-electron chi connectivity index (χ1n) is 6.79. The molecule has 0 spiro atoms. The predicted octanol–water partition coefficient (Wildman–Crippen LogP) is 1.27. The minimum Gasteiger partial charge on any atom is -0.480 e. The van der Waals surface area contributed by atoms with Crippen LogP contribution in [0, 0.1) is 0 Å². The third-order valence-corrected chi connectivity index (χ3v) is 3.80. The summed E-state index contributed by atoms with van der Waals surface area (Å²) in [6, 6.07) is 8.73. The second-order valence-corrected chi connectivity index (χ2v) is 5.06. The summed E-state index contributed by atoms with van der Waals surface area (Å²) in [5.74, 6) is -2.60. The minimum absolute atomic E-state index is 0.203. The van der Waals surface area contributed by atoms with Crippen LogP contribution in [0.25, 0.3) is 10.8 Å². The third-order valence-electron chi connectivity index (χ3n) is 3.80. The molecule has 0 aliphatic carbocycles. The van der Waals surface area contributed by atoms with E-state index in [0.29, 0.717) is 16.5 Å². The van der Waals surface area contributed by atoms with E-state index in [2.05, 4.69) is 0 Å². The highest BCUT2D eigenvalue weighted by Gasteiger charge is 2.40. The van der Waals surface area contributed by atoms with Gasteiger partial charge in [0, 0.05) is 29.5 Å². The van der Waals surface area contributed by atoms with Crippen LogP contribution in [0.1, 0.15) is 27.1 Å². The van der Waals surface area contributed by atoms with E-state index in [4.69, 9.17) is 5.11 Å². The molecule has 2 aromatic carbocycles. The van der Waals surface area contributed by atoms with Gasteiger partial charge in [0.2, 0.25) is 0 Å². The van der Waals surface area contributed by atoms with Crippen molar-refractivity contribution >= 4 is 28.6 Å².